The lowest BCUT2D eigenvalue weighted by Crippen LogP contribution is -2.30. The molecule has 19 heavy (non-hydrogen) atoms. The van der Waals surface area contributed by atoms with Gasteiger partial charge in [-0.1, -0.05) is 13.8 Å². The predicted molar refractivity (Wildman–Crippen MR) is 76.0 cm³/mol. The SMILES string of the molecule is CC(C)NCC1CCN(c2ccc3c(c2)OCO3)C1. The first kappa shape index (κ1) is 12.6. The van der Waals surface area contributed by atoms with E-state index >= 15 is 0 Å². The van der Waals surface area contributed by atoms with Crippen LogP contribution in [-0.2, 0) is 0 Å². The van der Waals surface area contributed by atoms with Gasteiger partial charge >= 0.3 is 0 Å². The molecule has 4 heteroatoms. The summed E-state index contributed by atoms with van der Waals surface area (Å²) in [6.45, 7) is 8.11. The van der Waals surface area contributed by atoms with Crippen molar-refractivity contribution in [2.24, 2.45) is 5.92 Å². The molecule has 0 aromatic heterocycles. The number of nitrogens with one attached hydrogen (secondary N) is 1. The summed E-state index contributed by atoms with van der Waals surface area (Å²) >= 11 is 0. The van der Waals surface area contributed by atoms with E-state index in [4.69, 9.17) is 9.47 Å². The van der Waals surface area contributed by atoms with Gasteiger partial charge in [0.25, 0.3) is 0 Å². The summed E-state index contributed by atoms with van der Waals surface area (Å²) < 4.78 is 10.8. The van der Waals surface area contributed by atoms with Crippen molar-refractivity contribution in [3.05, 3.63) is 18.2 Å². The predicted octanol–water partition coefficient (Wildman–Crippen LogP) is 2.24. The van der Waals surface area contributed by atoms with Crippen molar-refractivity contribution in [2.75, 3.05) is 31.3 Å². The van der Waals surface area contributed by atoms with Crippen molar-refractivity contribution in [1.82, 2.24) is 5.32 Å². The molecule has 1 saturated heterocycles. The van der Waals surface area contributed by atoms with Crippen LogP contribution in [0.4, 0.5) is 5.69 Å². The fraction of sp³-hybridized carbons (Fsp3) is 0.600. The third-order valence-corrected chi connectivity index (χ3v) is 3.82. The first-order valence-corrected chi connectivity index (χ1v) is 7.10. The van der Waals surface area contributed by atoms with E-state index in [2.05, 4.69) is 36.2 Å². The lowest BCUT2D eigenvalue weighted by Gasteiger charge is -2.19. The number of benzene rings is 1. The highest BCUT2D eigenvalue weighted by atomic mass is 16.7. The first-order chi connectivity index (χ1) is 9.22. The smallest absolute Gasteiger partial charge is 0.231 e. The van der Waals surface area contributed by atoms with Crippen LogP contribution >= 0.6 is 0 Å². The molecule has 1 N–H and O–H groups in total. The van der Waals surface area contributed by atoms with Crippen molar-refractivity contribution >= 4 is 5.69 Å². The van der Waals surface area contributed by atoms with Crippen LogP contribution in [0.1, 0.15) is 20.3 Å². The van der Waals surface area contributed by atoms with Crippen LogP contribution < -0.4 is 19.7 Å². The Balaban J connectivity index is 1.61. The Labute approximate surface area is 114 Å². The number of fused-ring (bicyclic) bond motifs is 1. The summed E-state index contributed by atoms with van der Waals surface area (Å²) in [5.74, 6) is 2.48. The summed E-state index contributed by atoms with van der Waals surface area (Å²) in [5.41, 5.74) is 1.25. The van der Waals surface area contributed by atoms with E-state index in [1.54, 1.807) is 0 Å². The van der Waals surface area contributed by atoms with E-state index in [9.17, 15) is 0 Å². The molecule has 0 aliphatic carbocycles. The Hall–Kier alpha value is -1.42. The molecule has 0 saturated carbocycles. The fourth-order valence-corrected chi connectivity index (χ4v) is 2.72. The summed E-state index contributed by atoms with van der Waals surface area (Å²) in [4.78, 5) is 2.44. The summed E-state index contributed by atoms with van der Waals surface area (Å²) in [6.07, 6.45) is 1.26. The highest BCUT2D eigenvalue weighted by Gasteiger charge is 2.24. The molecule has 1 unspecified atom stereocenters. The number of ether oxygens (including phenoxy) is 2. The molecule has 2 aliphatic rings. The molecule has 1 fully saturated rings. The molecule has 104 valence electrons. The van der Waals surface area contributed by atoms with Gasteiger partial charge in [-0.25, -0.2) is 0 Å². The van der Waals surface area contributed by atoms with Gasteiger partial charge in [0.1, 0.15) is 0 Å². The van der Waals surface area contributed by atoms with Crippen molar-refractivity contribution in [3.63, 3.8) is 0 Å². The normalized spacial score (nSPS) is 21.4. The second kappa shape index (κ2) is 5.29. The molecule has 4 nitrogen and oxygen atoms in total. The summed E-state index contributed by atoms with van der Waals surface area (Å²) in [5, 5.41) is 3.53. The average Bonchev–Trinajstić information content (AvgIpc) is 3.04. The minimum atomic E-state index is 0.347. The molecule has 0 radical (unpaired) electrons. The molecule has 1 atom stereocenters. The molecule has 0 bridgehead atoms. The van der Waals surface area contributed by atoms with Gasteiger partial charge < -0.3 is 19.7 Å². The second-order valence-corrected chi connectivity index (χ2v) is 5.70. The maximum absolute atomic E-state index is 5.44. The number of hydrogen-bond acceptors (Lipinski definition) is 4. The maximum atomic E-state index is 5.44. The lowest BCUT2D eigenvalue weighted by molar-refractivity contribution is 0.174. The Bertz CT molecular complexity index is 448. The topological polar surface area (TPSA) is 33.7 Å². The van der Waals surface area contributed by atoms with Gasteiger partial charge in [0, 0.05) is 30.9 Å². The first-order valence-electron chi connectivity index (χ1n) is 7.10. The number of rotatable bonds is 4. The van der Waals surface area contributed by atoms with E-state index in [0.29, 0.717) is 12.8 Å². The summed E-state index contributed by atoms with van der Waals surface area (Å²) in [7, 11) is 0. The Kier molecular flexibility index (Phi) is 3.51. The van der Waals surface area contributed by atoms with E-state index in [-0.39, 0.29) is 0 Å². The Morgan fingerprint density at radius 3 is 3.00 bits per heavy atom. The Morgan fingerprint density at radius 1 is 1.32 bits per heavy atom. The van der Waals surface area contributed by atoms with Crippen molar-refractivity contribution < 1.29 is 9.47 Å². The van der Waals surface area contributed by atoms with Crippen LogP contribution in [0, 0.1) is 5.92 Å². The van der Waals surface area contributed by atoms with Crippen molar-refractivity contribution in [3.8, 4) is 11.5 Å². The maximum Gasteiger partial charge on any atom is 0.231 e. The minimum absolute atomic E-state index is 0.347. The van der Waals surface area contributed by atoms with Gasteiger partial charge in [0.05, 0.1) is 0 Å². The van der Waals surface area contributed by atoms with Crippen LogP contribution in [0.25, 0.3) is 0 Å². The number of nitrogens with zero attached hydrogens (tertiary/aromatic N) is 1. The molecule has 1 aromatic rings. The standard InChI is InChI=1S/C15H22N2O2/c1-11(2)16-8-12-5-6-17(9-12)13-3-4-14-15(7-13)19-10-18-14/h3-4,7,11-12,16H,5-6,8-10H2,1-2H3. The third kappa shape index (κ3) is 2.78. The van der Waals surface area contributed by atoms with Gasteiger partial charge in [-0.15, -0.1) is 0 Å². The molecule has 2 heterocycles. The van der Waals surface area contributed by atoms with Crippen LogP contribution in [-0.4, -0.2) is 32.5 Å². The molecular weight excluding hydrogens is 240 g/mol. The highest BCUT2D eigenvalue weighted by Crippen LogP contribution is 2.36. The van der Waals surface area contributed by atoms with E-state index in [0.717, 1.165) is 37.1 Å². The van der Waals surface area contributed by atoms with E-state index < -0.39 is 0 Å². The average molecular weight is 262 g/mol. The lowest BCUT2D eigenvalue weighted by atomic mass is 10.1. The molecule has 3 rings (SSSR count). The van der Waals surface area contributed by atoms with Gasteiger partial charge in [0.15, 0.2) is 11.5 Å². The molecule has 0 amide bonds. The number of anilines is 1. The van der Waals surface area contributed by atoms with Crippen LogP contribution in [0.2, 0.25) is 0 Å². The fourth-order valence-electron chi connectivity index (χ4n) is 2.72. The van der Waals surface area contributed by atoms with Crippen LogP contribution in [0.5, 0.6) is 11.5 Å². The monoisotopic (exact) mass is 262 g/mol. The molecule has 1 aromatic carbocycles. The van der Waals surface area contributed by atoms with Gasteiger partial charge in [-0.3, -0.25) is 0 Å². The molecule has 0 spiro atoms. The van der Waals surface area contributed by atoms with Gasteiger partial charge in [-0.05, 0) is 31.0 Å². The van der Waals surface area contributed by atoms with Crippen LogP contribution in [0.15, 0.2) is 18.2 Å². The zero-order chi connectivity index (χ0) is 13.2. The Morgan fingerprint density at radius 2 is 2.16 bits per heavy atom. The van der Waals surface area contributed by atoms with Gasteiger partial charge in [0.2, 0.25) is 6.79 Å². The van der Waals surface area contributed by atoms with Gasteiger partial charge in [-0.2, -0.15) is 0 Å². The highest BCUT2D eigenvalue weighted by molar-refractivity contribution is 5.57. The zero-order valence-corrected chi connectivity index (χ0v) is 11.7. The van der Waals surface area contributed by atoms with E-state index in [1.165, 1.54) is 12.1 Å². The van der Waals surface area contributed by atoms with Crippen molar-refractivity contribution in [2.45, 2.75) is 26.3 Å². The second-order valence-electron chi connectivity index (χ2n) is 5.70. The quantitative estimate of drug-likeness (QED) is 0.902. The minimum Gasteiger partial charge on any atom is -0.454 e. The molecular formula is C15H22N2O2. The summed E-state index contributed by atoms with van der Waals surface area (Å²) in [6, 6.07) is 6.81. The number of hydrogen-bond donors (Lipinski definition) is 1. The van der Waals surface area contributed by atoms with E-state index in [1.807, 2.05) is 6.07 Å². The van der Waals surface area contributed by atoms with Crippen molar-refractivity contribution in [1.29, 1.82) is 0 Å². The molecule has 2 aliphatic heterocycles. The largest absolute Gasteiger partial charge is 0.454 e. The third-order valence-electron chi connectivity index (χ3n) is 3.82. The van der Waals surface area contributed by atoms with Crippen LogP contribution in [0.3, 0.4) is 0 Å². The zero-order valence-electron chi connectivity index (χ0n) is 11.7.